The average Bonchev–Trinajstić information content (AvgIpc) is 2.82. The van der Waals surface area contributed by atoms with Crippen molar-refractivity contribution in [1.29, 1.82) is 0 Å². The highest BCUT2D eigenvalue weighted by molar-refractivity contribution is 5.89. The predicted molar refractivity (Wildman–Crippen MR) is 53.7 cm³/mol. The molecule has 0 saturated heterocycles. The van der Waals surface area contributed by atoms with E-state index >= 15 is 0 Å². The largest absolute Gasteiger partial charge is 0.475 e. The third kappa shape index (κ3) is 2.06. The molecule has 1 aliphatic carbocycles. The van der Waals surface area contributed by atoms with Crippen LogP contribution in [0.4, 0.5) is 0 Å². The quantitative estimate of drug-likeness (QED) is 0.671. The number of nitrogens with two attached hydrogens (primary N) is 1. The molecule has 16 heavy (non-hydrogen) atoms. The highest BCUT2D eigenvalue weighted by Gasteiger charge is 2.45. The van der Waals surface area contributed by atoms with Crippen LogP contribution in [0.5, 0.6) is 0 Å². The Bertz CT molecular complexity index is 434. The number of carboxylic acids is 1. The van der Waals surface area contributed by atoms with Gasteiger partial charge in [-0.25, -0.2) is 4.79 Å². The van der Waals surface area contributed by atoms with Crippen LogP contribution in [-0.2, 0) is 11.3 Å². The number of furan rings is 1. The van der Waals surface area contributed by atoms with E-state index in [9.17, 15) is 9.59 Å². The van der Waals surface area contributed by atoms with Crippen molar-refractivity contribution in [3.8, 4) is 0 Å². The Balaban J connectivity index is 1.89. The summed E-state index contributed by atoms with van der Waals surface area (Å²) in [7, 11) is 0. The molecule has 2 rings (SSSR count). The standard InChI is InChI=1S/C10H12N2O4/c11-10(3-4-10)9(15)12-5-6-1-2-7(16-6)8(13)14/h1-2H,3-5,11H2,(H,12,15)(H,13,14). The molecule has 1 aromatic rings. The van der Waals surface area contributed by atoms with E-state index in [1.165, 1.54) is 12.1 Å². The van der Waals surface area contributed by atoms with Crippen molar-refractivity contribution in [3.05, 3.63) is 23.7 Å². The molecule has 1 heterocycles. The lowest BCUT2D eigenvalue weighted by molar-refractivity contribution is -0.123. The molecule has 1 amide bonds. The summed E-state index contributed by atoms with van der Waals surface area (Å²) in [6.07, 6.45) is 1.38. The number of nitrogens with one attached hydrogen (secondary N) is 1. The van der Waals surface area contributed by atoms with E-state index in [4.69, 9.17) is 15.3 Å². The summed E-state index contributed by atoms with van der Waals surface area (Å²) in [6.45, 7) is 0.158. The highest BCUT2D eigenvalue weighted by atomic mass is 16.4. The second kappa shape index (κ2) is 3.64. The lowest BCUT2D eigenvalue weighted by Gasteiger charge is -2.08. The van der Waals surface area contributed by atoms with Gasteiger partial charge in [0, 0.05) is 0 Å². The molecule has 1 aliphatic rings. The Hall–Kier alpha value is -1.82. The molecule has 6 nitrogen and oxygen atoms in total. The minimum atomic E-state index is -1.13. The second-order valence-electron chi connectivity index (χ2n) is 3.91. The van der Waals surface area contributed by atoms with E-state index in [1.807, 2.05) is 0 Å². The molecule has 0 aliphatic heterocycles. The van der Waals surface area contributed by atoms with Gasteiger partial charge < -0.3 is 20.6 Å². The monoisotopic (exact) mass is 224 g/mol. The van der Waals surface area contributed by atoms with Crippen LogP contribution in [0.25, 0.3) is 0 Å². The lowest BCUT2D eigenvalue weighted by atomic mass is 10.2. The van der Waals surface area contributed by atoms with Gasteiger partial charge in [0.05, 0.1) is 12.1 Å². The van der Waals surface area contributed by atoms with Gasteiger partial charge in [0.15, 0.2) is 0 Å². The van der Waals surface area contributed by atoms with Gasteiger partial charge in [-0.3, -0.25) is 4.79 Å². The van der Waals surface area contributed by atoms with Gasteiger partial charge in [-0.05, 0) is 25.0 Å². The number of carbonyl (C=O) groups is 2. The maximum atomic E-state index is 11.4. The average molecular weight is 224 g/mol. The van der Waals surface area contributed by atoms with Crippen LogP contribution in [0.1, 0.15) is 29.2 Å². The molecule has 4 N–H and O–H groups in total. The molecular formula is C10H12N2O4. The summed E-state index contributed by atoms with van der Waals surface area (Å²) in [5, 5.41) is 11.2. The van der Waals surface area contributed by atoms with Crippen molar-refractivity contribution < 1.29 is 19.1 Å². The molecule has 0 radical (unpaired) electrons. The van der Waals surface area contributed by atoms with Gasteiger partial charge in [0.2, 0.25) is 11.7 Å². The maximum Gasteiger partial charge on any atom is 0.371 e. The fourth-order valence-corrected chi connectivity index (χ4v) is 1.29. The first-order chi connectivity index (χ1) is 7.51. The zero-order valence-corrected chi connectivity index (χ0v) is 8.53. The van der Waals surface area contributed by atoms with Crippen molar-refractivity contribution in [2.24, 2.45) is 5.73 Å². The molecule has 0 unspecified atom stereocenters. The number of carbonyl (C=O) groups excluding carboxylic acids is 1. The van der Waals surface area contributed by atoms with Gasteiger partial charge in [-0.1, -0.05) is 0 Å². The second-order valence-corrected chi connectivity index (χ2v) is 3.91. The zero-order chi connectivity index (χ0) is 11.8. The van der Waals surface area contributed by atoms with E-state index in [-0.39, 0.29) is 18.2 Å². The minimum absolute atomic E-state index is 0.141. The highest BCUT2D eigenvalue weighted by Crippen LogP contribution is 2.32. The summed E-state index contributed by atoms with van der Waals surface area (Å²) < 4.78 is 4.97. The Labute approximate surface area is 91.4 Å². The number of aromatic carboxylic acids is 1. The minimum Gasteiger partial charge on any atom is -0.475 e. The fraction of sp³-hybridized carbons (Fsp3) is 0.400. The Kier molecular flexibility index (Phi) is 2.43. The van der Waals surface area contributed by atoms with E-state index in [0.717, 1.165) is 0 Å². The maximum absolute atomic E-state index is 11.4. The first kappa shape index (κ1) is 10.7. The molecule has 1 saturated carbocycles. The van der Waals surface area contributed by atoms with E-state index in [2.05, 4.69) is 5.32 Å². The number of rotatable bonds is 4. The third-order valence-corrected chi connectivity index (χ3v) is 2.54. The van der Waals surface area contributed by atoms with Crippen molar-refractivity contribution in [2.75, 3.05) is 0 Å². The Morgan fingerprint density at radius 1 is 1.50 bits per heavy atom. The van der Waals surface area contributed by atoms with Crippen molar-refractivity contribution in [3.63, 3.8) is 0 Å². The molecule has 0 bridgehead atoms. The first-order valence-corrected chi connectivity index (χ1v) is 4.90. The van der Waals surface area contributed by atoms with Crippen LogP contribution in [0.15, 0.2) is 16.5 Å². The van der Waals surface area contributed by atoms with Gasteiger partial charge in [0.25, 0.3) is 0 Å². The van der Waals surface area contributed by atoms with Crippen LogP contribution < -0.4 is 11.1 Å². The molecular weight excluding hydrogens is 212 g/mol. The van der Waals surface area contributed by atoms with Crippen LogP contribution in [0.2, 0.25) is 0 Å². The summed E-state index contributed by atoms with van der Waals surface area (Å²) in [6, 6.07) is 2.86. The molecule has 86 valence electrons. The summed E-state index contributed by atoms with van der Waals surface area (Å²) in [5.74, 6) is -1.09. The van der Waals surface area contributed by atoms with Crippen LogP contribution in [0.3, 0.4) is 0 Å². The molecule has 1 fully saturated rings. The van der Waals surface area contributed by atoms with Crippen LogP contribution in [-0.4, -0.2) is 22.5 Å². The van der Waals surface area contributed by atoms with Crippen molar-refractivity contribution in [1.82, 2.24) is 5.32 Å². The first-order valence-electron chi connectivity index (χ1n) is 4.90. The van der Waals surface area contributed by atoms with Gasteiger partial charge in [-0.15, -0.1) is 0 Å². The molecule has 0 aromatic carbocycles. The van der Waals surface area contributed by atoms with Crippen LogP contribution >= 0.6 is 0 Å². The van der Waals surface area contributed by atoms with Gasteiger partial charge in [-0.2, -0.15) is 0 Å². The zero-order valence-electron chi connectivity index (χ0n) is 8.53. The van der Waals surface area contributed by atoms with Gasteiger partial charge >= 0.3 is 5.97 Å². The van der Waals surface area contributed by atoms with E-state index in [0.29, 0.717) is 18.6 Å². The lowest BCUT2D eigenvalue weighted by Crippen LogP contribution is -2.42. The smallest absolute Gasteiger partial charge is 0.371 e. The van der Waals surface area contributed by atoms with Crippen molar-refractivity contribution >= 4 is 11.9 Å². The molecule has 6 heteroatoms. The molecule has 0 spiro atoms. The third-order valence-electron chi connectivity index (χ3n) is 2.54. The summed E-state index contributed by atoms with van der Waals surface area (Å²) in [5.41, 5.74) is 4.95. The number of hydrogen-bond acceptors (Lipinski definition) is 4. The summed E-state index contributed by atoms with van der Waals surface area (Å²) >= 11 is 0. The van der Waals surface area contributed by atoms with Gasteiger partial charge in [0.1, 0.15) is 5.76 Å². The number of hydrogen-bond donors (Lipinski definition) is 3. The van der Waals surface area contributed by atoms with E-state index in [1.54, 1.807) is 0 Å². The SMILES string of the molecule is NC1(C(=O)NCc2ccc(C(=O)O)o2)CC1. The van der Waals surface area contributed by atoms with Crippen LogP contribution in [0, 0.1) is 0 Å². The normalized spacial score (nSPS) is 16.8. The number of amides is 1. The summed E-state index contributed by atoms with van der Waals surface area (Å²) in [4.78, 5) is 22.0. The molecule has 1 aromatic heterocycles. The predicted octanol–water partition coefficient (Wildman–Crippen LogP) is 0.0853. The van der Waals surface area contributed by atoms with E-state index < -0.39 is 11.5 Å². The molecule has 0 atom stereocenters. The van der Waals surface area contributed by atoms with Crippen molar-refractivity contribution in [2.45, 2.75) is 24.9 Å². The topological polar surface area (TPSA) is 106 Å². The Morgan fingerprint density at radius 2 is 2.19 bits per heavy atom. The fourth-order valence-electron chi connectivity index (χ4n) is 1.29. The Morgan fingerprint density at radius 3 is 2.69 bits per heavy atom. The number of carboxylic acid groups (broad SMARTS) is 1.